The van der Waals surface area contributed by atoms with Gasteiger partial charge < -0.3 is 15.0 Å². The maximum absolute atomic E-state index is 12.7. The summed E-state index contributed by atoms with van der Waals surface area (Å²) >= 11 is 3.36. The number of rotatable bonds is 8. The predicted octanol–water partition coefficient (Wildman–Crippen LogP) is 4.46. The second-order valence-electron chi connectivity index (χ2n) is 6.70. The Bertz CT molecular complexity index is 991. The minimum atomic E-state index is -0.248. The summed E-state index contributed by atoms with van der Waals surface area (Å²) in [6, 6.07) is 24.3. The Morgan fingerprint density at radius 3 is 2.33 bits per heavy atom. The molecule has 0 bridgehead atoms. The number of carbonyl (C=O) groups is 2. The van der Waals surface area contributed by atoms with Crippen LogP contribution in [0.4, 0.5) is 5.69 Å². The van der Waals surface area contributed by atoms with Gasteiger partial charge >= 0.3 is 0 Å². The Morgan fingerprint density at radius 1 is 0.933 bits per heavy atom. The number of likely N-dealkylation sites (N-methyl/N-ethyl adjacent to an activating group) is 1. The largest absolute Gasteiger partial charge is 0.484 e. The minimum Gasteiger partial charge on any atom is -0.484 e. The van der Waals surface area contributed by atoms with E-state index in [-0.39, 0.29) is 18.4 Å². The lowest BCUT2D eigenvalue weighted by molar-refractivity contribution is -0.120. The van der Waals surface area contributed by atoms with E-state index in [1.54, 1.807) is 43.4 Å². The van der Waals surface area contributed by atoms with Crippen molar-refractivity contribution in [1.29, 1.82) is 0 Å². The van der Waals surface area contributed by atoms with Crippen molar-refractivity contribution in [2.75, 3.05) is 25.1 Å². The minimum absolute atomic E-state index is 0.123. The summed E-state index contributed by atoms with van der Waals surface area (Å²) in [6.45, 7) is 0.392. The van der Waals surface area contributed by atoms with E-state index in [4.69, 9.17) is 4.74 Å². The second kappa shape index (κ2) is 10.6. The molecule has 2 amide bonds. The average Bonchev–Trinajstić information content (AvgIpc) is 2.78. The van der Waals surface area contributed by atoms with Gasteiger partial charge in [-0.05, 0) is 48.4 Å². The molecule has 30 heavy (non-hydrogen) atoms. The van der Waals surface area contributed by atoms with Gasteiger partial charge in [0.15, 0.2) is 6.61 Å². The first-order valence-corrected chi connectivity index (χ1v) is 10.4. The van der Waals surface area contributed by atoms with E-state index >= 15 is 0 Å². The molecule has 3 aromatic rings. The lowest BCUT2D eigenvalue weighted by Crippen LogP contribution is -2.34. The van der Waals surface area contributed by atoms with Crippen molar-refractivity contribution in [1.82, 2.24) is 5.32 Å². The SMILES string of the molecule is CN(C(=O)COc1ccc(Br)cc1)c1ccccc1C(=O)NCCc1ccccc1. The van der Waals surface area contributed by atoms with Crippen molar-refractivity contribution in [3.63, 3.8) is 0 Å². The highest BCUT2D eigenvalue weighted by Gasteiger charge is 2.18. The molecule has 0 heterocycles. The van der Waals surface area contributed by atoms with E-state index in [0.717, 1.165) is 16.5 Å². The van der Waals surface area contributed by atoms with Gasteiger partial charge in [-0.25, -0.2) is 0 Å². The van der Waals surface area contributed by atoms with Gasteiger partial charge in [0.25, 0.3) is 11.8 Å². The fraction of sp³-hybridized carbons (Fsp3) is 0.167. The van der Waals surface area contributed by atoms with Gasteiger partial charge in [0, 0.05) is 18.1 Å². The summed E-state index contributed by atoms with van der Waals surface area (Å²) < 4.78 is 6.50. The molecule has 3 rings (SSSR count). The van der Waals surface area contributed by atoms with Crippen molar-refractivity contribution in [2.24, 2.45) is 0 Å². The highest BCUT2D eigenvalue weighted by molar-refractivity contribution is 9.10. The summed E-state index contributed by atoms with van der Waals surface area (Å²) in [5.74, 6) is 0.143. The summed E-state index contributed by atoms with van der Waals surface area (Å²) in [6.07, 6.45) is 0.741. The number of carbonyl (C=O) groups excluding carboxylic acids is 2. The van der Waals surface area contributed by atoms with E-state index in [1.807, 2.05) is 42.5 Å². The zero-order valence-electron chi connectivity index (χ0n) is 16.7. The van der Waals surface area contributed by atoms with Crippen LogP contribution in [0.3, 0.4) is 0 Å². The lowest BCUT2D eigenvalue weighted by Gasteiger charge is -2.20. The monoisotopic (exact) mass is 466 g/mol. The second-order valence-corrected chi connectivity index (χ2v) is 7.62. The molecule has 0 aliphatic heterocycles. The molecule has 5 nitrogen and oxygen atoms in total. The molecule has 3 aromatic carbocycles. The number of hydrogen-bond acceptors (Lipinski definition) is 3. The molecule has 0 fully saturated rings. The Hall–Kier alpha value is -3.12. The smallest absolute Gasteiger partial charge is 0.264 e. The first-order valence-electron chi connectivity index (χ1n) is 9.60. The zero-order chi connectivity index (χ0) is 21.3. The standard InChI is InChI=1S/C24H23BrN2O3/c1-27(23(28)17-30-20-13-11-19(25)12-14-20)22-10-6-5-9-21(22)24(29)26-16-15-18-7-3-2-4-8-18/h2-14H,15-17H2,1H3,(H,26,29). The molecule has 154 valence electrons. The zero-order valence-corrected chi connectivity index (χ0v) is 18.3. The molecular formula is C24H23BrN2O3. The van der Waals surface area contributed by atoms with Gasteiger partial charge in [-0.15, -0.1) is 0 Å². The lowest BCUT2D eigenvalue weighted by atomic mass is 10.1. The molecule has 0 spiro atoms. The van der Waals surface area contributed by atoms with Crippen LogP contribution < -0.4 is 15.0 Å². The molecule has 0 unspecified atom stereocenters. The van der Waals surface area contributed by atoms with Crippen LogP contribution in [0.2, 0.25) is 0 Å². The fourth-order valence-electron chi connectivity index (χ4n) is 2.93. The number of ether oxygens (including phenoxy) is 1. The highest BCUT2D eigenvalue weighted by Crippen LogP contribution is 2.20. The molecule has 0 aromatic heterocycles. The van der Waals surface area contributed by atoms with Crippen molar-refractivity contribution < 1.29 is 14.3 Å². The Balaban J connectivity index is 1.60. The van der Waals surface area contributed by atoms with Crippen molar-refractivity contribution in [2.45, 2.75) is 6.42 Å². The van der Waals surface area contributed by atoms with Crippen LogP contribution in [0.5, 0.6) is 5.75 Å². The van der Waals surface area contributed by atoms with Gasteiger partial charge in [0.1, 0.15) is 5.75 Å². The van der Waals surface area contributed by atoms with Crippen LogP contribution >= 0.6 is 15.9 Å². The third-order valence-corrected chi connectivity index (χ3v) is 5.13. The van der Waals surface area contributed by atoms with Crippen LogP contribution in [0, 0.1) is 0 Å². The van der Waals surface area contributed by atoms with Crippen molar-refractivity contribution >= 4 is 33.4 Å². The van der Waals surface area contributed by atoms with Crippen molar-refractivity contribution in [3.8, 4) is 5.75 Å². The molecule has 0 radical (unpaired) electrons. The van der Waals surface area contributed by atoms with E-state index in [1.165, 1.54) is 4.90 Å². The summed E-state index contributed by atoms with van der Waals surface area (Å²) in [5.41, 5.74) is 2.15. The van der Waals surface area contributed by atoms with Crippen LogP contribution in [0.15, 0.2) is 83.3 Å². The number of halogens is 1. The van der Waals surface area contributed by atoms with E-state index in [9.17, 15) is 9.59 Å². The molecule has 0 saturated carbocycles. The number of nitrogens with zero attached hydrogens (tertiary/aromatic N) is 1. The summed E-state index contributed by atoms with van der Waals surface area (Å²) in [5, 5.41) is 2.93. The normalized spacial score (nSPS) is 10.3. The Labute approximate surface area is 184 Å². The third-order valence-electron chi connectivity index (χ3n) is 4.60. The van der Waals surface area contributed by atoms with Crippen LogP contribution in [0.1, 0.15) is 15.9 Å². The fourth-order valence-corrected chi connectivity index (χ4v) is 3.19. The Kier molecular flexibility index (Phi) is 7.63. The summed E-state index contributed by atoms with van der Waals surface area (Å²) in [7, 11) is 1.64. The number of hydrogen-bond donors (Lipinski definition) is 1. The number of benzene rings is 3. The van der Waals surface area contributed by atoms with E-state index < -0.39 is 0 Å². The topological polar surface area (TPSA) is 58.6 Å². The first kappa shape index (κ1) is 21.6. The Morgan fingerprint density at radius 2 is 1.60 bits per heavy atom. The van der Waals surface area contributed by atoms with Gasteiger partial charge in [-0.2, -0.15) is 0 Å². The highest BCUT2D eigenvalue weighted by atomic mass is 79.9. The van der Waals surface area contributed by atoms with Crippen molar-refractivity contribution in [3.05, 3.63) is 94.5 Å². The van der Waals surface area contributed by atoms with Gasteiger partial charge in [0.05, 0.1) is 11.3 Å². The van der Waals surface area contributed by atoms with E-state index in [0.29, 0.717) is 23.5 Å². The molecule has 0 aliphatic rings. The van der Waals surface area contributed by atoms with Gasteiger partial charge in [-0.3, -0.25) is 9.59 Å². The molecule has 0 aliphatic carbocycles. The average molecular weight is 467 g/mol. The van der Waals surface area contributed by atoms with Crippen LogP contribution in [-0.2, 0) is 11.2 Å². The number of anilines is 1. The van der Waals surface area contributed by atoms with Gasteiger partial charge in [-0.1, -0.05) is 58.4 Å². The molecule has 0 saturated heterocycles. The number of nitrogens with one attached hydrogen (secondary N) is 1. The van der Waals surface area contributed by atoms with Crippen LogP contribution in [0.25, 0.3) is 0 Å². The quantitative estimate of drug-likeness (QED) is 0.532. The van der Waals surface area contributed by atoms with E-state index in [2.05, 4.69) is 21.2 Å². The molecular weight excluding hydrogens is 444 g/mol. The first-order chi connectivity index (χ1) is 14.5. The molecule has 1 N–H and O–H groups in total. The number of para-hydroxylation sites is 1. The van der Waals surface area contributed by atoms with Crippen LogP contribution in [-0.4, -0.2) is 32.0 Å². The van der Waals surface area contributed by atoms with Gasteiger partial charge in [0.2, 0.25) is 0 Å². The summed E-state index contributed by atoms with van der Waals surface area (Å²) in [4.78, 5) is 26.8. The maximum Gasteiger partial charge on any atom is 0.264 e. The molecule has 0 atom stereocenters. The maximum atomic E-state index is 12.7. The number of amides is 2. The third kappa shape index (κ3) is 5.94. The predicted molar refractivity (Wildman–Crippen MR) is 122 cm³/mol. The molecule has 6 heteroatoms.